The number of nitrogens with zero attached hydrogens (tertiary/aromatic N) is 3. The first-order chi connectivity index (χ1) is 16.7. The summed E-state index contributed by atoms with van der Waals surface area (Å²) in [5.41, 5.74) is 0.941. The number of aryl methyl sites for hydroxylation is 1. The number of rotatable bonds is 10. The SMILES string of the molecule is C=CCn1c(CC(=O)Nc2cccc(C(F)(F)F)c2)nnc1SCC(=O)Nc1ccccc1CC. The summed E-state index contributed by atoms with van der Waals surface area (Å²) in [6.07, 6.45) is -2.35. The Morgan fingerprint density at radius 2 is 1.86 bits per heavy atom. The number of carbonyl (C=O) groups is 2. The summed E-state index contributed by atoms with van der Waals surface area (Å²) in [6, 6.07) is 11.9. The molecule has 2 N–H and O–H groups in total. The van der Waals surface area contributed by atoms with Crippen LogP contribution in [-0.4, -0.2) is 32.3 Å². The first-order valence-corrected chi connectivity index (χ1v) is 11.7. The van der Waals surface area contributed by atoms with Crippen LogP contribution in [-0.2, 0) is 35.2 Å². The average molecular weight is 504 g/mol. The minimum Gasteiger partial charge on any atom is -0.326 e. The van der Waals surface area contributed by atoms with E-state index in [2.05, 4.69) is 27.4 Å². The van der Waals surface area contributed by atoms with Gasteiger partial charge in [0.25, 0.3) is 0 Å². The van der Waals surface area contributed by atoms with E-state index in [1.165, 1.54) is 12.1 Å². The number of alkyl halides is 3. The Bertz CT molecular complexity index is 1210. The summed E-state index contributed by atoms with van der Waals surface area (Å²) >= 11 is 1.16. The van der Waals surface area contributed by atoms with Crippen LogP contribution in [0.3, 0.4) is 0 Å². The van der Waals surface area contributed by atoms with Gasteiger partial charge in [-0.05, 0) is 36.2 Å². The summed E-state index contributed by atoms with van der Waals surface area (Å²) < 4.78 is 40.4. The van der Waals surface area contributed by atoms with Crippen LogP contribution in [0, 0.1) is 0 Å². The van der Waals surface area contributed by atoms with Gasteiger partial charge in [-0.25, -0.2) is 0 Å². The minimum atomic E-state index is -4.51. The molecule has 0 saturated carbocycles. The molecule has 0 aliphatic heterocycles. The lowest BCUT2D eigenvalue weighted by atomic mass is 10.1. The maximum atomic E-state index is 12.9. The number of aromatic nitrogens is 3. The van der Waals surface area contributed by atoms with E-state index in [1.807, 2.05) is 31.2 Å². The molecule has 0 aliphatic carbocycles. The number of anilines is 2. The third kappa shape index (κ3) is 7.19. The van der Waals surface area contributed by atoms with Crippen LogP contribution in [0.25, 0.3) is 0 Å². The predicted octanol–water partition coefficient (Wildman–Crippen LogP) is 4.96. The van der Waals surface area contributed by atoms with E-state index in [4.69, 9.17) is 0 Å². The molecule has 0 unspecified atom stereocenters. The molecule has 11 heteroatoms. The molecule has 0 bridgehead atoms. The van der Waals surface area contributed by atoms with Gasteiger partial charge in [0.1, 0.15) is 5.82 Å². The van der Waals surface area contributed by atoms with E-state index in [9.17, 15) is 22.8 Å². The second-order valence-corrected chi connectivity index (χ2v) is 8.39. The number of halogens is 3. The smallest absolute Gasteiger partial charge is 0.326 e. The average Bonchev–Trinajstić information content (AvgIpc) is 3.19. The van der Waals surface area contributed by atoms with E-state index < -0.39 is 17.6 Å². The molecule has 0 aliphatic rings. The fourth-order valence-corrected chi connectivity index (χ4v) is 4.02. The molecule has 0 saturated heterocycles. The Balaban J connectivity index is 1.64. The second kappa shape index (κ2) is 11.7. The van der Waals surface area contributed by atoms with Crippen molar-refractivity contribution >= 4 is 35.0 Å². The summed E-state index contributed by atoms with van der Waals surface area (Å²) in [4.78, 5) is 24.9. The molecular formula is C24H24F3N5O2S. The molecule has 3 rings (SSSR count). The van der Waals surface area contributed by atoms with Crippen LogP contribution in [0.5, 0.6) is 0 Å². The Morgan fingerprint density at radius 1 is 1.09 bits per heavy atom. The van der Waals surface area contributed by atoms with Gasteiger partial charge < -0.3 is 15.2 Å². The summed E-state index contributed by atoms with van der Waals surface area (Å²) in [7, 11) is 0. The normalized spacial score (nSPS) is 11.2. The van der Waals surface area contributed by atoms with Gasteiger partial charge in [-0.15, -0.1) is 16.8 Å². The zero-order valence-electron chi connectivity index (χ0n) is 18.9. The number of hydrogen-bond donors (Lipinski definition) is 2. The van der Waals surface area contributed by atoms with Crippen LogP contribution in [0.1, 0.15) is 23.9 Å². The lowest BCUT2D eigenvalue weighted by Crippen LogP contribution is -2.18. The lowest BCUT2D eigenvalue weighted by Gasteiger charge is -2.11. The van der Waals surface area contributed by atoms with Crippen molar-refractivity contribution in [3.63, 3.8) is 0 Å². The summed E-state index contributed by atoms with van der Waals surface area (Å²) in [6.45, 7) is 5.99. The van der Waals surface area contributed by atoms with Crippen molar-refractivity contribution in [2.24, 2.45) is 0 Å². The number of thioether (sulfide) groups is 1. The van der Waals surface area contributed by atoms with Crippen molar-refractivity contribution in [2.45, 2.75) is 37.6 Å². The van der Waals surface area contributed by atoms with E-state index in [0.717, 1.165) is 41.6 Å². The highest BCUT2D eigenvalue weighted by Gasteiger charge is 2.30. The van der Waals surface area contributed by atoms with Crippen LogP contribution in [0.2, 0.25) is 0 Å². The molecule has 2 amide bonds. The first-order valence-electron chi connectivity index (χ1n) is 10.7. The number of allylic oxidation sites excluding steroid dienone is 1. The molecule has 35 heavy (non-hydrogen) atoms. The van der Waals surface area contributed by atoms with Crippen molar-refractivity contribution < 1.29 is 22.8 Å². The van der Waals surface area contributed by atoms with E-state index in [0.29, 0.717) is 17.5 Å². The zero-order chi connectivity index (χ0) is 25.4. The largest absolute Gasteiger partial charge is 0.416 e. The van der Waals surface area contributed by atoms with Gasteiger partial charge in [0.05, 0.1) is 17.7 Å². The molecule has 2 aromatic carbocycles. The van der Waals surface area contributed by atoms with Crippen LogP contribution >= 0.6 is 11.8 Å². The molecular weight excluding hydrogens is 479 g/mol. The van der Waals surface area contributed by atoms with E-state index in [-0.39, 0.29) is 23.8 Å². The maximum Gasteiger partial charge on any atom is 0.416 e. The van der Waals surface area contributed by atoms with Crippen molar-refractivity contribution in [3.05, 3.63) is 78.1 Å². The van der Waals surface area contributed by atoms with Gasteiger partial charge in [-0.2, -0.15) is 13.2 Å². The topological polar surface area (TPSA) is 88.9 Å². The quantitative estimate of drug-likeness (QED) is 0.302. The number of para-hydroxylation sites is 1. The van der Waals surface area contributed by atoms with Gasteiger partial charge in [0.2, 0.25) is 11.8 Å². The Labute approximate surface area is 204 Å². The third-order valence-electron chi connectivity index (χ3n) is 4.90. The van der Waals surface area contributed by atoms with Crippen molar-refractivity contribution in [1.29, 1.82) is 0 Å². The summed E-state index contributed by atoms with van der Waals surface area (Å²) in [5.74, 6) is -0.391. The molecule has 184 valence electrons. The highest BCUT2D eigenvalue weighted by atomic mass is 32.2. The van der Waals surface area contributed by atoms with Crippen LogP contribution in [0.15, 0.2) is 66.3 Å². The second-order valence-electron chi connectivity index (χ2n) is 7.45. The highest BCUT2D eigenvalue weighted by molar-refractivity contribution is 7.99. The molecule has 0 spiro atoms. The van der Waals surface area contributed by atoms with Crippen molar-refractivity contribution in [2.75, 3.05) is 16.4 Å². The molecule has 1 aromatic heterocycles. The minimum absolute atomic E-state index is 0.0261. The van der Waals surface area contributed by atoms with Gasteiger partial charge >= 0.3 is 6.18 Å². The van der Waals surface area contributed by atoms with Crippen molar-refractivity contribution in [1.82, 2.24) is 14.8 Å². The Morgan fingerprint density at radius 3 is 2.57 bits per heavy atom. The number of carbonyl (C=O) groups excluding carboxylic acids is 2. The molecule has 0 atom stereocenters. The Kier molecular flexibility index (Phi) is 8.69. The lowest BCUT2D eigenvalue weighted by molar-refractivity contribution is -0.137. The number of benzene rings is 2. The first kappa shape index (κ1) is 26.0. The zero-order valence-corrected chi connectivity index (χ0v) is 19.7. The fraction of sp³-hybridized carbons (Fsp3) is 0.250. The van der Waals surface area contributed by atoms with E-state index >= 15 is 0 Å². The van der Waals surface area contributed by atoms with Gasteiger partial charge in [-0.3, -0.25) is 9.59 Å². The highest BCUT2D eigenvalue weighted by Crippen LogP contribution is 2.30. The van der Waals surface area contributed by atoms with Gasteiger partial charge in [0, 0.05) is 17.9 Å². The predicted molar refractivity (Wildman–Crippen MR) is 129 cm³/mol. The summed E-state index contributed by atoms with van der Waals surface area (Å²) in [5, 5.41) is 13.9. The molecule has 0 radical (unpaired) electrons. The molecule has 0 fully saturated rings. The Hall–Kier alpha value is -3.60. The van der Waals surface area contributed by atoms with Crippen LogP contribution in [0.4, 0.5) is 24.5 Å². The fourth-order valence-electron chi connectivity index (χ4n) is 3.26. The van der Waals surface area contributed by atoms with Crippen molar-refractivity contribution in [3.8, 4) is 0 Å². The monoisotopic (exact) mass is 503 g/mol. The van der Waals surface area contributed by atoms with Crippen LogP contribution < -0.4 is 10.6 Å². The number of hydrogen-bond acceptors (Lipinski definition) is 5. The maximum absolute atomic E-state index is 12.9. The van der Waals surface area contributed by atoms with Gasteiger partial charge in [-0.1, -0.05) is 49.0 Å². The van der Waals surface area contributed by atoms with E-state index in [1.54, 1.807) is 10.6 Å². The molecule has 1 heterocycles. The standard InChI is InChI=1S/C24H24F3N5O2S/c1-3-12-32-20(14-21(33)28-18-10-7-9-17(13-18)24(25,26)27)30-31-23(32)35-15-22(34)29-19-11-6-5-8-16(19)4-2/h3,5-11,13H,1,4,12,14-15H2,2H3,(H,28,33)(H,29,34). The molecule has 3 aromatic rings. The molecule has 7 nitrogen and oxygen atoms in total. The number of nitrogens with one attached hydrogen (secondary N) is 2. The van der Waals surface area contributed by atoms with Gasteiger partial charge in [0.15, 0.2) is 5.16 Å². The number of amides is 2. The third-order valence-corrected chi connectivity index (χ3v) is 5.87.